The molecule has 2 aromatic rings. The highest BCUT2D eigenvalue weighted by atomic mass is 32.1. The van der Waals surface area contributed by atoms with Gasteiger partial charge in [0.15, 0.2) is 0 Å². The van der Waals surface area contributed by atoms with Crippen molar-refractivity contribution in [3.63, 3.8) is 0 Å². The van der Waals surface area contributed by atoms with Crippen molar-refractivity contribution in [2.75, 3.05) is 0 Å². The second kappa shape index (κ2) is 4.55. The van der Waals surface area contributed by atoms with E-state index in [1.54, 1.807) is 13.0 Å². The monoisotopic (exact) mass is 254 g/mol. The standard InChI is InChI=1S/C13H12F2OS/c1-13(16,12-3-2-4-17-12)8-9-5-10(14)7-11(15)6-9/h2-7,16H,8H2,1H3. The van der Waals surface area contributed by atoms with Crippen molar-refractivity contribution in [1.82, 2.24) is 0 Å². The summed E-state index contributed by atoms with van der Waals surface area (Å²) < 4.78 is 26.1. The number of halogens is 2. The van der Waals surface area contributed by atoms with E-state index in [0.29, 0.717) is 5.56 Å². The van der Waals surface area contributed by atoms with Gasteiger partial charge in [0, 0.05) is 17.4 Å². The van der Waals surface area contributed by atoms with E-state index in [1.807, 2.05) is 11.4 Å². The van der Waals surface area contributed by atoms with Crippen LogP contribution in [0.15, 0.2) is 35.7 Å². The van der Waals surface area contributed by atoms with Gasteiger partial charge in [0.05, 0.1) is 5.60 Å². The largest absolute Gasteiger partial charge is 0.384 e. The molecule has 0 spiro atoms. The number of aliphatic hydroxyl groups is 1. The lowest BCUT2D eigenvalue weighted by molar-refractivity contribution is 0.0614. The van der Waals surface area contributed by atoms with Gasteiger partial charge in [0.1, 0.15) is 11.6 Å². The van der Waals surface area contributed by atoms with E-state index in [9.17, 15) is 13.9 Å². The van der Waals surface area contributed by atoms with E-state index < -0.39 is 17.2 Å². The SMILES string of the molecule is CC(O)(Cc1cc(F)cc(F)c1)c1cccs1. The van der Waals surface area contributed by atoms with Crippen molar-refractivity contribution in [3.8, 4) is 0 Å². The summed E-state index contributed by atoms with van der Waals surface area (Å²) in [5.74, 6) is -1.25. The van der Waals surface area contributed by atoms with Gasteiger partial charge in [-0.1, -0.05) is 6.07 Å². The van der Waals surface area contributed by atoms with Gasteiger partial charge in [-0.15, -0.1) is 11.3 Å². The first-order chi connectivity index (χ1) is 7.97. The molecular formula is C13H12F2OS. The van der Waals surface area contributed by atoms with Gasteiger partial charge in [-0.3, -0.25) is 0 Å². The molecular weight excluding hydrogens is 242 g/mol. The lowest BCUT2D eigenvalue weighted by Gasteiger charge is -2.22. The predicted molar refractivity (Wildman–Crippen MR) is 64.0 cm³/mol. The van der Waals surface area contributed by atoms with Gasteiger partial charge in [-0.05, 0) is 36.1 Å². The van der Waals surface area contributed by atoms with Gasteiger partial charge >= 0.3 is 0 Å². The molecule has 1 heterocycles. The maximum atomic E-state index is 13.0. The van der Waals surface area contributed by atoms with E-state index in [2.05, 4.69) is 0 Å². The topological polar surface area (TPSA) is 20.2 Å². The normalized spacial score (nSPS) is 14.6. The maximum Gasteiger partial charge on any atom is 0.126 e. The number of hydrogen-bond donors (Lipinski definition) is 1. The van der Waals surface area contributed by atoms with Crippen LogP contribution in [0.1, 0.15) is 17.4 Å². The van der Waals surface area contributed by atoms with Crippen LogP contribution in [0.5, 0.6) is 0 Å². The fourth-order valence-electron chi connectivity index (χ4n) is 1.78. The van der Waals surface area contributed by atoms with Gasteiger partial charge in [0.25, 0.3) is 0 Å². The summed E-state index contributed by atoms with van der Waals surface area (Å²) in [6.45, 7) is 1.64. The Balaban J connectivity index is 2.26. The van der Waals surface area contributed by atoms with E-state index in [-0.39, 0.29) is 6.42 Å². The average Bonchev–Trinajstić information content (AvgIpc) is 2.67. The molecule has 1 N–H and O–H groups in total. The Morgan fingerprint density at radius 3 is 2.41 bits per heavy atom. The summed E-state index contributed by atoms with van der Waals surface area (Å²) in [5, 5.41) is 12.1. The van der Waals surface area contributed by atoms with Crippen LogP contribution in [0.2, 0.25) is 0 Å². The summed E-state index contributed by atoms with van der Waals surface area (Å²) in [6.07, 6.45) is 0.183. The lowest BCUT2D eigenvalue weighted by atomic mass is 9.95. The van der Waals surface area contributed by atoms with E-state index in [4.69, 9.17) is 0 Å². The maximum absolute atomic E-state index is 13.0. The molecule has 4 heteroatoms. The molecule has 0 saturated heterocycles. The van der Waals surface area contributed by atoms with Crippen LogP contribution in [-0.4, -0.2) is 5.11 Å². The molecule has 0 aliphatic carbocycles. The summed E-state index contributed by atoms with van der Waals surface area (Å²) in [7, 11) is 0. The Bertz CT molecular complexity index is 486. The Labute approximate surface area is 102 Å². The first-order valence-electron chi connectivity index (χ1n) is 5.19. The summed E-state index contributed by atoms with van der Waals surface area (Å²) >= 11 is 1.42. The molecule has 0 aliphatic heterocycles. The number of hydrogen-bond acceptors (Lipinski definition) is 2. The molecule has 0 amide bonds. The molecule has 0 aliphatic rings. The zero-order valence-corrected chi connectivity index (χ0v) is 10.1. The number of benzene rings is 1. The molecule has 1 aromatic heterocycles. The summed E-state index contributed by atoms with van der Waals surface area (Å²) in [4.78, 5) is 0.780. The third-order valence-electron chi connectivity index (χ3n) is 2.52. The minimum atomic E-state index is -1.10. The third-order valence-corrected chi connectivity index (χ3v) is 3.65. The van der Waals surface area contributed by atoms with E-state index in [1.165, 1.54) is 23.5 Å². The Hall–Kier alpha value is -1.26. The number of thiophene rings is 1. The minimum Gasteiger partial charge on any atom is -0.384 e. The fourth-order valence-corrected chi connectivity index (χ4v) is 2.57. The second-order valence-corrected chi connectivity index (χ2v) is 5.15. The quantitative estimate of drug-likeness (QED) is 0.889. The molecule has 17 heavy (non-hydrogen) atoms. The summed E-state index contributed by atoms with van der Waals surface area (Å²) in [5.41, 5.74) is -0.658. The molecule has 0 fully saturated rings. The molecule has 1 nitrogen and oxygen atoms in total. The van der Waals surface area contributed by atoms with Crippen molar-refractivity contribution in [2.45, 2.75) is 18.9 Å². The zero-order chi connectivity index (χ0) is 12.5. The highest BCUT2D eigenvalue weighted by Gasteiger charge is 2.25. The van der Waals surface area contributed by atoms with Gasteiger partial charge in [-0.2, -0.15) is 0 Å². The Morgan fingerprint density at radius 1 is 1.24 bits per heavy atom. The highest BCUT2D eigenvalue weighted by Crippen LogP contribution is 2.29. The third kappa shape index (κ3) is 2.90. The number of rotatable bonds is 3. The van der Waals surface area contributed by atoms with Crippen LogP contribution >= 0.6 is 11.3 Å². The van der Waals surface area contributed by atoms with Crippen molar-refractivity contribution in [1.29, 1.82) is 0 Å². The van der Waals surface area contributed by atoms with E-state index >= 15 is 0 Å². The predicted octanol–water partition coefficient (Wildman–Crippen LogP) is 3.48. The smallest absolute Gasteiger partial charge is 0.126 e. The fraction of sp³-hybridized carbons (Fsp3) is 0.231. The Kier molecular flexibility index (Phi) is 3.26. The second-order valence-electron chi connectivity index (χ2n) is 4.21. The van der Waals surface area contributed by atoms with Gasteiger partial charge in [0.2, 0.25) is 0 Å². The van der Waals surface area contributed by atoms with Crippen LogP contribution in [0.3, 0.4) is 0 Å². The van der Waals surface area contributed by atoms with Crippen LogP contribution in [-0.2, 0) is 12.0 Å². The van der Waals surface area contributed by atoms with Gasteiger partial charge < -0.3 is 5.11 Å². The molecule has 90 valence electrons. The van der Waals surface area contributed by atoms with Crippen molar-refractivity contribution < 1.29 is 13.9 Å². The van der Waals surface area contributed by atoms with Crippen LogP contribution in [0.25, 0.3) is 0 Å². The molecule has 1 unspecified atom stereocenters. The average molecular weight is 254 g/mol. The molecule has 1 aromatic carbocycles. The lowest BCUT2D eigenvalue weighted by Crippen LogP contribution is -2.23. The van der Waals surface area contributed by atoms with Crippen LogP contribution < -0.4 is 0 Å². The first kappa shape index (κ1) is 12.2. The summed E-state index contributed by atoms with van der Waals surface area (Å²) in [6, 6.07) is 6.95. The van der Waals surface area contributed by atoms with Crippen molar-refractivity contribution in [3.05, 3.63) is 57.8 Å². The van der Waals surface area contributed by atoms with Crippen molar-refractivity contribution in [2.24, 2.45) is 0 Å². The van der Waals surface area contributed by atoms with Crippen molar-refractivity contribution >= 4 is 11.3 Å². The van der Waals surface area contributed by atoms with Gasteiger partial charge in [-0.25, -0.2) is 8.78 Å². The van der Waals surface area contributed by atoms with Crippen LogP contribution in [0, 0.1) is 11.6 Å². The molecule has 2 rings (SSSR count). The van der Waals surface area contributed by atoms with Crippen LogP contribution in [0.4, 0.5) is 8.78 Å². The minimum absolute atomic E-state index is 0.183. The molecule has 0 saturated carbocycles. The molecule has 0 radical (unpaired) electrons. The first-order valence-corrected chi connectivity index (χ1v) is 6.07. The molecule has 1 atom stereocenters. The van der Waals surface area contributed by atoms with E-state index in [0.717, 1.165) is 10.9 Å². The zero-order valence-electron chi connectivity index (χ0n) is 9.28. The Morgan fingerprint density at radius 2 is 1.88 bits per heavy atom. The highest BCUT2D eigenvalue weighted by molar-refractivity contribution is 7.10. The molecule has 0 bridgehead atoms.